The third-order valence-electron chi connectivity index (χ3n) is 5.39. The first-order chi connectivity index (χ1) is 14.6. The predicted octanol–water partition coefficient (Wildman–Crippen LogP) is 4.39. The van der Waals surface area contributed by atoms with Crippen LogP contribution in [-0.4, -0.2) is 23.6 Å². The van der Waals surface area contributed by atoms with Gasteiger partial charge in [0.05, 0.1) is 5.56 Å². The summed E-state index contributed by atoms with van der Waals surface area (Å²) in [5, 5.41) is 0.658. The van der Waals surface area contributed by atoms with Crippen molar-refractivity contribution in [3.05, 3.63) is 63.5 Å². The summed E-state index contributed by atoms with van der Waals surface area (Å²) in [7, 11) is 0. The molecule has 164 valence electrons. The third kappa shape index (κ3) is 4.26. The molecule has 2 heterocycles. The predicted molar refractivity (Wildman–Crippen MR) is 115 cm³/mol. The Morgan fingerprint density at radius 3 is 2.26 bits per heavy atom. The van der Waals surface area contributed by atoms with Gasteiger partial charge in [0.25, 0.3) is 0 Å². The number of ether oxygens (including phenoxy) is 3. The molecule has 0 saturated heterocycles. The number of fused-ring (bicyclic) bond motifs is 3. The molecule has 31 heavy (non-hydrogen) atoms. The van der Waals surface area contributed by atoms with E-state index >= 15 is 0 Å². The Kier molecular flexibility index (Phi) is 6.06. The highest BCUT2D eigenvalue weighted by molar-refractivity contribution is 5.89. The lowest BCUT2D eigenvalue weighted by atomic mass is 9.93. The van der Waals surface area contributed by atoms with Crippen LogP contribution in [0.1, 0.15) is 53.2 Å². The summed E-state index contributed by atoms with van der Waals surface area (Å²) in [5.41, 5.74) is -0.143. The summed E-state index contributed by atoms with van der Waals surface area (Å²) in [6.45, 7) is 10.1. The minimum absolute atomic E-state index is 0.273. The van der Waals surface area contributed by atoms with Crippen LogP contribution in [0.3, 0.4) is 0 Å². The van der Waals surface area contributed by atoms with Crippen molar-refractivity contribution in [3.8, 4) is 5.75 Å². The molecular weight excluding hydrogens is 400 g/mol. The average Bonchev–Trinajstić information content (AvgIpc) is 3.11. The van der Waals surface area contributed by atoms with Gasteiger partial charge in [-0.3, -0.25) is 0 Å². The lowest BCUT2D eigenvalue weighted by molar-refractivity contribution is -0.172. The van der Waals surface area contributed by atoms with Gasteiger partial charge in [0.1, 0.15) is 16.9 Å². The van der Waals surface area contributed by atoms with Gasteiger partial charge < -0.3 is 18.6 Å². The van der Waals surface area contributed by atoms with Crippen LogP contribution in [0.2, 0.25) is 0 Å². The Morgan fingerprint density at radius 1 is 1.00 bits per heavy atom. The van der Waals surface area contributed by atoms with Crippen molar-refractivity contribution < 1.29 is 28.2 Å². The number of benzene rings is 1. The van der Waals surface area contributed by atoms with E-state index < -0.39 is 35.4 Å². The van der Waals surface area contributed by atoms with Crippen LogP contribution in [0, 0.1) is 0 Å². The normalized spacial score (nSPS) is 19.0. The molecule has 7 heteroatoms. The average molecular weight is 426 g/mol. The molecule has 7 nitrogen and oxygen atoms in total. The summed E-state index contributed by atoms with van der Waals surface area (Å²) in [4.78, 5) is 37.0. The molecule has 0 amide bonds. The van der Waals surface area contributed by atoms with Gasteiger partial charge in [0.15, 0.2) is 12.2 Å². The quantitative estimate of drug-likeness (QED) is 0.398. The number of rotatable bonds is 5. The van der Waals surface area contributed by atoms with Crippen molar-refractivity contribution in [2.45, 2.75) is 59.4 Å². The van der Waals surface area contributed by atoms with Crippen molar-refractivity contribution in [1.29, 1.82) is 0 Å². The fraction of sp³-hybridized carbons (Fsp3) is 0.375. The van der Waals surface area contributed by atoms with Crippen LogP contribution in [-0.2, 0) is 19.1 Å². The highest BCUT2D eigenvalue weighted by Crippen LogP contribution is 2.47. The topological polar surface area (TPSA) is 92.0 Å². The van der Waals surface area contributed by atoms with Crippen molar-refractivity contribution in [2.75, 3.05) is 0 Å². The number of carbonyl (C=O) groups is 2. The smallest absolute Gasteiger partial charge is 0.336 e. The second-order valence-electron chi connectivity index (χ2n) is 7.95. The largest absolute Gasteiger partial charge is 0.481 e. The molecular formula is C24H26O7. The van der Waals surface area contributed by atoms with E-state index in [0.717, 1.165) is 0 Å². The van der Waals surface area contributed by atoms with Crippen molar-refractivity contribution >= 4 is 22.9 Å². The Morgan fingerprint density at radius 2 is 1.61 bits per heavy atom. The van der Waals surface area contributed by atoms with E-state index in [0.29, 0.717) is 27.8 Å². The van der Waals surface area contributed by atoms with Gasteiger partial charge in [-0.2, -0.15) is 0 Å². The lowest BCUT2D eigenvalue weighted by Gasteiger charge is -2.33. The molecule has 0 spiro atoms. The fourth-order valence-corrected chi connectivity index (χ4v) is 3.31. The van der Waals surface area contributed by atoms with Gasteiger partial charge in [0.2, 0.25) is 0 Å². The highest BCUT2D eigenvalue weighted by atomic mass is 16.6. The summed E-state index contributed by atoms with van der Waals surface area (Å²) in [6, 6.07) is 6.42. The fourth-order valence-electron chi connectivity index (χ4n) is 3.31. The number of hydrogen-bond acceptors (Lipinski definition) is 7. The van der Waals surface area contributed by atoms with Gasteiger partial charge in [-0.1, -0.05) is 12.2 Å². The van der Waals surface area contributed by atoms with Crippen LogP contribution in [0.15, 0.2) is 56.8 Å². The number of carbonyl (C=O) groups excluding carboxylic acids is 2. The molecule has 3 rings (SSSR count). The Labute approximate surface area is 180 Å². The van der Waals surface area contributed by atoms with E-state index in [2.05, 4.69) is 0 Å². The third-order valence-corrected chi connectivity index (χ3v) is 5.39. The molecule has 1 aliphatic heterocycles. The lowest BCUT2D eigenvalue weighted by Crippen LogP contribution is -2.46. The van der Waals surface area contributed by atoms with Gasteiger partial charge in [0, 0.05) is 22.6 Å². The Balaban J connectivity index is 2.11. The van der Waals surface area contributed by atoms with E-state index in [1.54, 1.807) is 71.9 Å². The second-order valence-corrected chi connectivity index (χ2v) is 7.95. The first-order valence-electron chi connectivity index (χ1n) is 10.0. The Bertz CT molecular complexity index is 1150. The minimum atomic E-state index is -1.17. The maximum absolute atomic E-state index is 12.6. The SMILES string of the molecule is C/C=C(/C)C(=O)O[C@@H]1c2c(ccc3ccc(=O)oc23)OC1C(C)(C)OC(=O)/C(C)=C\C. The molecule has 2 aromatic rings. The standard InChI is InChI=1S/C24H26O7/c1-7-13(3)22(26)30-20-18-16(11-9-15-10-12-17(25)29-19(15)18)28-21(20)24(5,6)31-23(27)14(4)8-2/h7-12,20-21H,1-6H3/b13-7-,14-8-/t20-,21?/m1/s1. The van der Waals surface area contributed by atoms with Crippen molar-refractivity contribution in [3.63, 3.8) is 0 Å². The summed E-state index contributed by atoms with van der Waals surface area (Å²) in [6.07, 6.45) is 1.47. The number of esters is 2. The van der Waals surface area contributed by atoms with Crippen LogP contribution >= 0.6 is 0 Å². The van der Waals surface area contributed by atoms with Gasteiger partial charge in [-0.15, -0.1) is 0 Å². The molecule has 0 radical (unpaired) electrons. The molecule has 0 aliphatic carbocycles. The molecule has 0 saturated carbocycles. The van der Waals surface area contributed by atoms with Crippen molar-refractivity contribution in [2.24, 2.45) is 0 Å². The zero-order chi connectivity index (χ0) is 22.9. The van der Waals surface area contributed by atoms with Crippen LogP contribution in [0.4, 0.5) is 0 Å². The van der Waals surface area contributed by atoms with Crippen LogP contribution in [0.25, 0.3) is 11.0 Å². The maximum Gasteiger partial charge on any atom is 0.336 e. The molecule has 0 fully saturated rings. The minimum Gasteiger partial charge on any atom is -0.481 e. The summed E-state index contributed by atoms with van der Waals surface area (Å²) in [5.74, 6) is -0.649. The van der Waals surface area contributed by atoms with Gasteiger partial charge in [-0.05, 0) is 59.7 Å². The maximum atomic E-state index is 12.6. The molecule has 0 N–H and O–H groups in total. The van der Waals surface area contributed by atoms with Crippen molar-refractivity contribution in [1.82, 2.24) is 0 Å². The van der Waals surface area contributed by atoms with E-state index in [-0.39, 0.29) is 5.58 Å². The zero-order valence-electron chi connectivity index (χ0n) is 18.5. The van der Waals surface area contributed by atoms with Gasteiger partial charge in [-0.25, -0.2) is 14.4 Å². The van der Waals surface area contributed by atoms with Gasteiger partial charge >= 0.3 is 17.6 Å². The monoisotopic (exact) mass is 426 g/mol. The first-order valence-corrected chi connectivity index (χ1v) is 10.0. The molecule has 1 aliphatic rings. The highest BCUT2D eigenvalue weighted by Gasteiger charge is 2.50. The zero-order valence-corrected chi connectivity index (χ0v) is 18.5. The van der Waals surface area contributed by atoms with Crippen LogP contribution in [0.5, 0.6) is 5.75 Å². The van der Waals surface area contributed by atoms with E-state index in [9.17, 15) is 14.4 Å². The summed E-state index contributed by atoms with van der Waals surface area (Å²) < 4.78 is 23.1. The second kappa shape index (κ2) is 8.41. The van der Waals surface area contributed by atoms with Crippen LogP contribution < -0.4 is 10.4 Å². The molecule has 2 atom stereocenters. The number of allylic oxidation sites excluding steroid dienone is 2. The van der Waals surface area contributed by atoms with E-state index in [1.165, 1.54) is 6.07 Å². The molecule has 1 aromatic heterocycles. The molecule has 1 unspecified atom stereocenters. The molecule has 1 aromatic carbocycles. The number of hydrogen-bond donors (Lipinski definition) is 0. The Hall–Kier alpha value is -3.35. The van der Waals surface area contributed by atoms with E-state index in [4.69, 9.17) is 18.6 Å². The van der Waals surface area contributed by atoms with E-state index in [1.807, 2.05) is 0 Å². The first kappa shape index (κ1) is 22.3. The molecule has 0 bridgehead atoms. The summed E-state index contributed by atoms with van der Waals surface area (Å²) >= 11 is 0.